The summed E-state index contributed by atoms with van der Waals surface area (Å²) in [5.41, 5.74) is 3.51. The highest BCUT2D eigenvalue weighted by atomic mass is 16.3. The number of hydrogen-bond donors (Lipinski definition) is 2. The molecule has 1 heterocycles. The van der Waals surface area contributed by atoms with Crippen molar-refractivity contribution in [1.29, 1.82) is 5.26 Å². The van der Waals surface area contributed by atoms with E-state index in [0.717, 1.165) is 16.8 Å². The number of aryl methyl sites for hydroxylation is 1. The maximum atomic E-state index is 10.1. The van der Waals surface area contributed by atoms with Gasteiger partial charge in [-0.3, -0.25) is 4.98 Å². The van der Waals surface area contributed by atoms with Crippen LogP contribution in [0.15, 0.2) is 42.6 Å². The van der Waals surface area contributed by atoms with Gasteiger partial charge < -0.3 is 10.4 Å². The molecule has 0 radical (unpaired) electrons. The lowest BCUT2D eigenvalue weighted by molar-refractivity contribution is 0.174. The molecule has 20 heavy (non-hydrogen) atoms. The van der Waals surface area contributed by atoms with E-state index in [9.17, 15) is 5.11 Å². The van der Waals surface area contributed by atoms with Gasteiger partial charge in [0.05, 0.1) is 23.4 Å². The van der Waals surface area contributed by atoms with E-state index in [2.05, 4.69) is 16.4 Å². The number of hydrogen-bond acceptors (Lipinski definition) is 4. The quantitative estimate of drug-likeness (QED) is 0.870. The Morgan fingerprint density at radius 1 is 1.30 bits per heavy atom. The highest BCUT2D eigenvalue weighted by Gasteiger charge is 2.07. The number of aliphatic hydroxyl groups excluding tert-OH is 1. The van der Waals surface area contributed by atoms with Crippen molar-refractivity contribution in [3.63, 3.8) is 0 Å². The van der Waals surface area contributed by atoms with E-state index >= 15 is 0 Å². The van der Waals surface area contributed by atoms with Gasteiger partial charge in [-0.2, -0.15) is 5.26 Å². The second kappa shape index (κ2) is 6.80. The van der Waals surface area contributed by atoms with Gasteiger partial charge in [-0.1, -0.05) is 18.2 Å². The molecule has 0 aliphatic heterocycles. The van der Waals surface area contributed by atoms with E-state index in [1.807, 2.05) is 19.1 Å². The fourth-order valence-corrected chi connectivity index (χ4v) is 1.93. The summed E-state index contributed by atoms with van der Waals surface area (Å²) < 4.78 is 0. The lowest BCUT2D eigenvalue weighted by atomic mass is 10.1. The number of benzene rings is 1. The molecule has 1 aromatic carbocycles. The number of nitrogens with one attached hydrogen (secondary N) is 1. The van der Waals surface area contributed by atoms with E-state index in [1.54, 1.807) is 30.5 Å². The first-order valence-corrected chi connectivity index (χ1v) is 6.50. The summed E-state index contributed by atoms with van der Waals surface area (Å²) in [6.45, 7) is 3.09. The van der Waals surface area contributed by atoms with Crippen molar-refractivity contribution in [3.8, 4) is 6.07 Å². The third kappa shape index (κ3) is 3.64. The first kappa shape index (κ1) is 14.2. The molecular formula is C16H17N3O. The van der Waals surface area contributed by atoms with Gasteiger partial charge in [-0.05, 0) is 36.2 Å². The summed E-state index contributed by atoms with van der Waals surface area (Å²) >= 11 is 0. The van der Waals surface area contributed by atoms with Crippen LogP contribution < -0.4 is 5.32 Å². The molecule has 2 aromatic rings. The average molecular weight is 267 g/mol. The predicted octanol–water partition coefficient (Wildman–Crippen LogP) is 2.08. The first-order chi connectivity index (χ1) is 9.70. The molecule has 2 N–H and O–H groups in total. The van der Waals surface area contributed by atoms with Crippen molar-refractivity contribution in [1.82, 2.24) is 10.3 Å². The largest absolute Gasteiger partial charge is 0.387 e. The molecule has 1 aromatic heterocycles. The second-order valence-corrected chi connectivity index (χ2v) is 4.65. The maximum absolute atomic E-state index is 10.1. The number of pyridine rings is 1. The Kier molecular flexibility index (Phi) is 4.83. The Labute approximate surface area is 118 Å². The normalized spacial score (nSPS) is 11.8. The minimum Gasteiger partial charge on any atom is -0.387 e. The molecule has 0 aliphatic carbocycles. The predicted molar refractivity (Wildman–Crippen MR) is 76.8 cm³/mol. The van der Waals surface area contributed by atoms with Crippen molar-refractivity contribution < 1.29 is 5.11 Å². The SMILES string of the molecule is Cc1cccnc1CNCC(O)c1ccc(C#N)cc1. The molecule has 0 saturated heterocycles. The third-order valence-corrected chi connectivity index (χ3v) is 3.17. The Morgan fingerprint density at radius 2 is 2.05 bits per heavy atom. The van der Waals surface area contributed by atoms with Crippen LogP contribution in [0.2, 0.25) is 0 Å². The molecule has 0 amide bonds. The van der Waals surface area contributed by atoms with Crippen molar-refractivity contribution >= 4 is 0 Å². The number of aromatic nitrogens is 1. The Balaban J connectivity index is 1.87. The number of nitrogens with zero attached hydrogens (tertiary/aromatic N) is 2. The molecule has 0 fully saturated rings. The van der Waals surface area contributed by atoms with E-state index in [-0.39, 0.29) is 0 Å². The van der Waals surface area contributed by atoms with Gasteiger partial charge in [0.25, 0.3) is 0 Å². The van der Waals surface area contributed by atoms with Gasteiger partial charge in [-0.25, -0.2) is 0 Å². The van der Waals surface area contributed by atoms with E-state index in [1.165, 1.54) is 0 Å². The van der Waals surface area contributed by atoms with Crippen LogP contribution in [0.25, 0.3) is 0 Å². The monoisotopic (exact) mass is 267 g/mol. The third-order valence-electron chi connectivity index (χ3n) is 3.17. The summed E-state index contributed by atoms with van der Waals surface area (Å²) in [6.07, 6.45) is 1.17. The highest BCUT2D eigenvalue weighted by molar-refractivity contribution is 5.32. The second-order valence-electron chi connectivity index (χ2n) is 4.65. The standard InChI is InChI=1S/C16H17N3O/c1-12-3-2-8-19-15(12)10-18-11-16(20)14-6-4-13(9-17)5-7-14/h2-8,16,18,20H,10-11H2,1H3. The lowest BCUT2D eigenvalue weighted by Gasteiger charge is -2.12. The van der Waals surface area contributed by atoms with Crippen molar-refractivity contribution in [3.05, 3.63) is 65.0 Å². The molecular weight excluding hydrogens is 250 g/mol. The minimum atomic E-state index is -0.591. The highest BCUT2D eigenvalue weighted by Crippen LogP contribution is 2.13. The van der Waals surface area contributed by atoms with Crippen LogP contribution in [0, 0.1) is 18.3 Å². The van der Waals surface area contributed by atoms with Gasteiger partial charge in [0.2, 0.25) is 0 Å². The topological polar surface area (TPSA) is 68.9 Å². The van der Waals surface area contributed by atoms with Gasteiger partial charge in [0.15, 0.2) is 0 Å². The molecule has 1 unspecified atom stereocenters. The van der Waals surface area contributed by atoms with Crippen molar-refractivity contribution in [2.75, 3.05) is 6.54 Å². The summed E-state index contributed by atoms with van der Waals surface area (Å²) in [4.78, 5) is 4.29. The van der Waals surface area contributed by atoms with Gasteiger partial charge in [-0.15, -0.1) is 0 Å². The van der Waals surface area contributed by atoms with Crippen LogP contribution in [0.4, 0.5) is 0 Å². The van der Waals surface area contributed by atoms with Gasteiger partial charge in [0, 0.05) is 19.3 Å². The molecule has 0 saturated carbocycles. The molecule has 0 aliphatic rings. The van der Waals surface area contributed by atoms with Gasteiger partial charge in [0.1, 0.15) is 0 Å². The summed E-state index contributed by atoms with van der Waals surface area (Å²) in [6, 6.07) is 12.9. The Morgan fingerprint density at radius 3 is 2.70 bits per heavy atom. The maximum Gasteiger partial charge on any atom is 0.0991 e. The molecule has 0 bridgehead atoms. The zero-order valence-corrected chi connectivity index (χ0v) is 11.4. The molecule has 4 nitrogen and oxygen atoms in total. The zero-order valence-electron chi connectivity index (χ0n) is 11.4. The van der Waals surface area contributed by atoms with Crippen molar-refractivity contribution in [2.24, 2.45) is 0 Å². The van der Waals surface area contributed by atoms with E-state index in [4.69, 9.17) is 5.26 Å². The van der Waals surface area contributed by atoms with Crippen LogP contribution in [0.1, 0.15) is 28.5 Å². The fraction of sp³-hybridized carbons (Fsp3) is 0.250. The zero-order chi connectivity index (χ0) is 14.4. The summed E-state index contributed by atoms with van der Waals surface area (Å²) in [5.74, 6) is 0. The smallest absolute Gasteiger partial charge is 0.0991 e. The van der Waals surface area contributed by atoms with E-state index in [0.29, 0.717) is 18.7 Å². The fourth-order valence-electron chi connectivity index (χ4n) is 1.93. The van der Waals surface area contributed by atoms with Crippen molar-refractivity contribution in [2.45, 2.75) is 19.6 Å². The number of nitriles is 1. The molecule has 102 valence electrons. The molecule has 4 heteroatoms. The van der Waals surface area contributed by atoms with Crippen LogP contribution in [0.5, 0.6) is 0 Å². The van der Waals surface area contributed by atoms with Crippen LogP contribution in [-0.2, 0) is 6.54 Å². The van der Waals surface area contributed by atoms with E-state index < -0.39 is 6.10 Å². The minimum absolute atomic E-state index is 0.446. The van der Waals surface area contributed by atoms with Crippen LogP contribution in [0.3, 0.4) is 0 Å². The molecule has 2 rings (SSSR count). The Bertz CT molecular complexity index is 602. The average Bonchev–Trinajstić information content (AvgIpc) is 2.49. The Hall–Kier alpha value is -2.22. The van der Waals surface area contributed by atoms with Crippen LogP contribution in [-0.4, -0.2) is 16.6 Å². The number of rotatable bonds is 5. The summed E-state index contributed by atoms with van der Waals surface area (Å²) in [5, 5.41) is 22.0. The lowest BCUT2D eigenvalue weighted by Crippen LogP contribution is -2.22. The first-order valence-electron chi connectivity index (χ1n) is 6.50. The molecule has 1 atom stereocenters. The summed E-state index contributed by atoms with van der Waals surface area (Å²) in [7, 11) is 0. The van der Waals surface area contributed by atoms with Gasteiger partial charge >= 0.3 is 0 Å². The van der Waals surface area contributed by atoms with Crippen LogP contribution >= 0.6 is 0 Å². The molecule has 0 spiro atoms. The number of aliphatic hydroxyl groups is 1.